The van der Waals surface area contributed by atoms with Crippen molar-refractivity contribution in [2.24, 2.45) is 0 Å². The van der Waals surface area contributed by atoms with Gasteiger partial charge in [-0.25, -0.2) is 22.0 Å². The smallest absolute Gasteiger partial charge is 0.194 e. The van der Waals surface area contributed by atoms with Gasteiger partial charge >= 0.3 is 0 Å². The van der Waals surface area contributed by atoms with Crippen molar-refractivity contribution in [2.45, 2.75) is 51.9 Å². The van der Waals surface area contributed by atoms with Crippen LogP contribution in [0.3, 0.4) is 0 Å². The molecular weight excluding hydrogens is 359 g/mol. The molecule has 0 N–H and O–H groups in total. The van der Waals surface area contributed by atoms with Crippen molar-refractivity contribution in [3.8, 4) is 11.1 Å². The van der Waals surface area contributed by atoms with Crippen molar-refractivity contribution in [3.63, 3.8) is 0 Å². The second-order valence-corrected chi connectivity index (χ2v) is 6.99. The lowest BCUT2D eigenvalue weighted by Gasteiger charge is -2.20. The molecule has 0 aliphatic heterocycles. The largest absolute Gasteiger partial charge is 0.206 e. The molecule has 1 aliphatic carbocycles. The summed E-state index contributed by atoms with van der Waals surface area (Å²) in [6.07, 6.45) is 8.12. The molecule has 0 amide bonds. The first kappa shape index (κ1) is 19.6. The highest BCUT2D eigenvalue weighted by Crippen LogP contribution is 2.35. The Morgan fingerprint density at radius 2 is 1.52 bits per heavy atom. The van der Waals surface area contributed by atoms with E-state index in [0.717, 1.165) is 31.3 Å². The number of benzene rings is 2. The summed E-state index contributed by atoms with van der Waals surface area (Å²) in [6.45, 7) is 2.14. The highest BCUT2D eigenvalue weighted by molar-refractivity contribution is 5.67. The Morgan fingerprint density at radius 1 is 0.815 bits per heavy atom. The summed E-state index contributed by atoms with van der Waals surface area (Å²) < 4.78 is 69.6. The number of halogens is 5. The minimum absolute atomic E-state index is 0.309. The number of hydrogen-bond donors (Lipinski definition) is 0. The molecule has 0 heterocycles. The lowest BCUT2D eigenvalue weighted by molar-refractivity contribution is 0.447. The molecule has 5 heteroatoms. The zero-order chi connectivity index (χ0) is 19.6. The van der Waals surface area contributed by atoms with Crippen LogP contribution in [0.5, 0.6) is 0 Å². The van der Waals surface area contributed by atoms with Gasteiger partial charge in [-0.2, -0.15) is 0 Å². The quantitative estimate of drug-likeness (QED) is 0.218. The van der Waals surface area contributed by atoms with Crippen LogP contribution in [-0.2, 0) is 12.8 Å². The molecule has 0 saturated carbocycles. The standard InChI is InChI=1S/C22H21F5/c1-2-3-4-5-6-13-7-8-16-14(9-13)10-17(23)20(21(16)26)15-11-18(24)22(27)19(25)12-15/h7,10-12H,2-6,8-9H2,1H3. The van der Waals surface area contributed by atoms with E-state index in [0.29, 0.717) is 36.1 Å². The number of fused-ring (bicyclic) bond motifs is 1. The van der Waals surface area contributed by atoms with E-state index >= 15 is 0 Å². The van der Waals surface area contributed by atoms with Gasteiger partial charge in [0.1, 0.15) is 11.6 Å². The van der Waals surface area contributed by atoms with Crippen molar-refractivity contribution in [3.05, 3.63) is 70.1 Å². The second kappa shape index (κ2) is 8.24. The van der Waals surface area contributed by atoms with Crippen molar-refractivity contribution < 1.29 is 22.0 Å². The van der Waals surface area contributed by atoms with Crippen LogP contribution in [-0.4, -0.2) is 0 Å². The fourth-order valence-corrected chi connectivity index (χ4v) is 3.58. The maximum absolute atomic E-state index is 14.9. The lowest BCUT2D eigenvalue weighted by Crippen LogP contribution is -2.09. The van der Waals surface area contributed by atoms with Crippen LogP contribution >= 0.6 is 0 Å². The summed E-state index contributed by atoms with van der Waals surface area (Å²) in [5, 5.41) is 0. The minimum Gasteiger partial charge on any atom is -0.206 e. The first-order valence-corrected chi connectivity index (χ1v) is 9.25. The van der Waals surface area contributed by atoms with Gasteiger partial charge in [0, 0.05) is 0 Å². The van der Waals surface area contributed by atoms with E-state index in [1.807, 2.05) is 6.08 Å². The molecule has 1 aliphatic rings. The zero-order valence-electron chi connectivity index (χ0n) is 15.1. The molecular formula is C22H21F5. The average molecular weight is 380 g/mol. The monoisotopic (exact) mass is 380 g/mol. The van der Waals surface area contributed by atoms with Gasteiger partial charge in [-0.1, -0.05) is 37.8 Å². The Morgan fingerprint density at radius 3 is 2.19 bits per heavy atom. The van der Waals surface area contributed by atoms with Crippen molar-refractivity contribution in [1.29, 1.82) is 0 Å². The normalized spacial score (nSPS) is 13.5. The highest BCUT2D eigenvalue weighted by atomic mass is 19.2. The fourth-order valence-electron chi connectivity index (χ4n) is 3.58. The van der Waals surface area contributed by atoms with Gasteiger partial charge in [-0.3, -0.25) is 0 Å². The molecule has 2 aromatic rings. The van der Waals surface area contributed by atoms with Crippen molar-refractivity contribution in [2.75, 3.05) is 0 Å². The van der Waals surface area contributed by atoms with Crippen LogP contribution in [0.15, 0.2) is 29.8 Å². The van der Waals surface area contributed by atoms with Crippen LogP contribution in [0.1, 0.15) is 50.2 Å². The van der Waals surface area contributed by atoms with E-state index in [1.165, 1.54) is 12.5 Å². The third-order valence-electron chi connectivity index (χ3n) is 5.05. The van der Waals surface area contributed by atoms with Crippen LogP contribution < -0.4 is 0 Å². The average Bonchev–Trinajstić information content (AvgIpc) is 2.63. The summed E-state index contributed by atoms with van der Waals surface area (Å²) in [6, 6.07) is 2.46. The van der Waals surface area contributed by atoms with E-state index in [2.05, 4.69) is 6.92 Å². The van der Waals surface area contributed by atoms with E-state index in [4.69, 9.17) is 0 Å². The predicted molar refractivity (Wildman–Crippen MR) is 95.9 cm³/mol. The molecule has 0 spiro atoms. The van der Waals surface area contributed by atoms with Crippen LogP contribution in [0.4, 0.5) is 22.0 Å². The molecule has 0 bridgehead atoms. The molecule has 0 saturated heterocycles. The molecule has 0 fully saturated rings. The zero-order valence-corrected chi connectivity index (χ0v) is 15.1. The number of rotatable bonds is 6. The van der Waals surface area contributed by atoms with E-state index in [9.17, 15) is 22.0 Å². The Balaban J connectivity index is 1.90. The molecule has 0 radical (unpaired) electrons. The van der Waals surface area contributed by atoms with E-state index in [1.54, 1.807) is 0 Å². The first-order chi connectivity index (χ1) is 12.9. The van der Waals surface area contributed by atoms with Crippen molar-refractivity contribution >= 4 is 0 Å². The minimum atomic E-state index is -1.66. The molecule has 0 unspecified atom stereocenters. The van der Waals surface area contributed by atoms with Gasteiger partial charge in [-0.05, 0) is 60.6 Å². The molecule has 0 nitrogen and oxygen atoms in total. The maximum Gasteiger partial charge on any atom is 0.194 e. The highest BCUT2D eigenvalue weighted by Gasteiger charge is 2.24. The number of allylic oxidation sites excluding steroid dienone is 2. The third kappa shape index (κ3) is 4.07. The van der Waals surface area contributed by atoms with E-state index < -0.39 is 34.6 Å². The SMILES string of the molecule is CCCCCCC1=CCc2c(cc(F)c(-c3cc(F)c(F)c(F)c3)c2F)C1. The predicted octanol–water partition coefficient (Wildman–Crippen LogP) is 7.04. The van der Waals surface area contributed by atoms with Gasteiger partial charge in [0.2, 0.25) is 0 Å². The lowest BCUT2D eigenvalue weighted by atomic mass is 9.86. The summed E-state index contributed by atoms with van der Waals surface area (Å²) >= 11 is 0. The topological polar surface area (TPSA) is 0 Å². The second-order valence-electron chi connectivity index (χ2n) is 6.99. The molecule has 0 aromatic heterocycles. The number of hydrogen-bond acceptors (Lipinski definition) is 0. The van der Waals surface area contributed by atoms with Gasteiger partial charge in [0.15, 0.2) is 17.5 Å². The van der Waals surface area contributed by atoms with Crippen LogP contribution in [0, 0.1) is 29.1 Å². The number of unbranched alkanes of at least 4 members (excludes halogenated alkanes) is 3. The summed E-state index contributed by atoms with van der Waals surface area (Å²) in [5.74, 6) is -6.35. The van der Waals surface area contributed by atoms with Crippen LogP contribution in [0.2, 0.25) is 0 Å². The molecule has 144 valence electrons. The van der Waals surface area contributed by atoms with Gasteiger partial charge < -0.3 is 0 Å². The van der Waals surface area contributed by atoms with Gasteiger partial charge in [-0.15, -0.1) is 0 Å². The molecule has 0 atom stereocenters. The molecule has 27 heavy (non-hydrogen) atoms. The van der Waals surface area contributed by atoms with Crippen molar-refractivity contribution in [1.82, 2.24) is 0 Å². The van der Waals surface area contributed by atoms with Gasteiger partial charge in [0.05, 0.1) is 5.56 Å². The Bertz CT molecular complexity index is 860. The van der Waals surface area contributed by atoms with E-state index in [-0.39, 0.29) is 5.56 Å². The summed E-state index contributed by atoms with van der Waals surface area (Å²) in [4.78, 5) is 0. The summed E-state index contributed by atoms with van der Waals surface area (Å²) in [7, 11) is 0. The first-order valence-electron chi connectivity index (χ1n) is 9.25. The Hall–Kier alpha value is -2.17. The maximum atomic E-state index is 14.9. The van der Waals surface area contributed by atoms with Crippen LogP contribution in [0.25, 0.3) is 11.1 Å². The Kier molecular flexibility index (Phi) is 5.98. The Labute approximate surface area is 155 Å². The molecule has 3 rings (SSSR count). The summed E-state index contributed by atoms with van der Waals surface area (Å²) in [5.41, 5.74) is 1.17. The third-order valence-corrected chi connectivity index (χ3v) is 5.05. The fraction of sp³-hybridized carbons (Fsp3) is 0.364. The van der Waals surface area contributed by atoms with Gasteiger partial charge in [0.25, 0.3) is 0 Å². The molecule has 2 aromatic carbocycles.